The van der Waals surface area contributed by atoms with Crippen molar-refractivity contribution in [1.29, 1.82) is 0 Å². The van der Waals surface area contributed by atoms with E-state index in [-0.39, 0.29) is 18.3 Å². The van der Waals surface area contributed by atoms with Crippen LogP contribution in [0.3, 0.4) is 0 Å². The lowest BCUT2D eigenvalue weighted by Gasteiger charge is -2.21. The van der Waals surface area contributed by atoms with Crippen molar-refractivity contribution in [2.75, 3.05) is 6.54 Å². The largest absolute Gasteiger partial charge is 0.335 e. The lowest BCUT2D eigenvalue weighted by molar-refractivity contribution is 0.0752. The molecule has 0 aliphatic heterocycles. The summed E-state index contributed by atoms with van der Waals surface area (Å²) in [6, 6.07) is 11.0. The van der Waals surface area contributed by atoms with Gasteiger partial charge in [0.25, 0.3) is 5.91 Å². The first-order chi connectivity index (χ1) is 10.1. The predicted octanol–water partition coefficient (Wildman–Crippen LogP) is 3.28. The number of pyridine rings is 1. The van der Waals surface area contributed by atoms with Gasteiger partial charge in [0.2, 0.25) is 0 Å². The lowest BCUT2D eigenvalue weighted by Crippen LogP contribution is -2.30. The van der Waals surface area contributed by atoms with Gasteiger partial charge < -0.3 is 10.6 Å². The van der Waals surface area contributed by atoms with Crippen molar-refractivity contribution >= 4 is 29.9 Å². The molecule has 2 aromatic rings. The maximum atomic E-state index is 12.6. The van der Waals surface area contributed by atoms with E-state index in [0.29, 0.717) is 35.9 Å². The SMILES string of the molecule is CCN(Cc1cccc(Cl)c1)C(=O)c1ccnc(CN)c1.Cl. The van der Waals surface area contributed by atoms with Crippen LogP contribution < -0.4 is 5.73 Å². The van der Waals surface area contributed by atoms with E-state index in [1.807, 2.05) is 31.2 Å². The quantitative estimate of drug-likeness (QED) is 0.909. The molecule has 1 heterocycles. The summed E-state index contributed by atoms with van der Waals surface area (Å²) < 4.78 is 0. The minimum atomic E-state index is -0.0328. The summed E-state index contributed by atoms with van der Waals surface area (Å²) in [6.07, 6.45) is 1.61. The number of hydrogen-bond acceptors (Lipinski definition) is 3. The Kier molecular flexibility index (Phi) is 7.32. The Labute approximate surface area is 141 Å². The van der Waals surface area contributed by atoms with Crippen LogP contribution in [0.5, 0.6) is 0 Å². The second-order valence-electron chi connectivity index (χ2n) is 4.69. The van der Waals surface area contributed by atoms with Gasteiger partial charge in [-0.05, 0) is 36.8 Å². The van der Waals surface area contributed by atoms with E-state index in [4.69, 9.17) is 17.3 Å². The summed E-state index contributed by atoms with van der Waals surface area (Å²) in [6.45, 7) is 3.41. The monoisotopic (exact) mass is 339 g/mol. The van der Waals surface area contributed by atoms with Crippen molar-refractivity contribution in [3.8, 4) is 0 Å². The minimum absolute atomic E-state index is 0. The number of nitrogens with zero attached hydrogens (tertiary/aromatic N) is 2. The zero-order chi connectivity index (χ0) is 15.2. The van der Waals surface area contributed by atoms with Gasteiger partial charge in [-0.3, -0.25) is 9.78 Å². The van der Waals surface area contributed by atoms with Crippen LogP contribution in [0.25, 0.3) is 0 Å². The molecule has 0 bridgehead atoms. The predicted molar refractivity (Wildman–Crippen MR) is 91.2 cm³/mol. The van der Waals surface area contributed by atoms with E-state index in [2.05, 4.69) is 4.98 Å². The van der Waals surface area contributed by atoms with Crippen molar-refractivity contribution in [3.63, 3.8) is 0 Å². The molecule has 0 saturated carbocycles. The van der Waals surface area contributed by atoms with Crippen LogP contribution in [-0.4, -0.2) is 22.3 Å². The van der Waals surface area contributed by atoms with E-state index in [0.717, 1.165) is 5.56 Å². The molecule has 2 N–H and O–H groups in total. The van der Waals surface area contributed by atoms with Gasteiger partial charge >= 0.3 is 0 Å². The number of benzene rings is 1. The van der Waals surface area contributed by atoms with Crippen LogP contribution in [0.4, 0.5) is 0 Å². The Bertz CT molecular complexity index is 634. The lowest BCUT2D eigenvalue weighted by atomic mass is 10.1. The smallest absolute Gasteiger partial charge is 0.254 e. The number of rotatable bonds is 5. The van der Waals surface area contributed by atoms with E-state index < -0.39 is 0 Å². The number of hydrogen-bond donors (Lipinski definition) is 1. The molecular weight excluding hydrogens is 321 g/mol. The minimum Gasteiger partial charge on any atom is -0.335 e. The van der Waals surface area contributed by atoms with Gasteiger partial charge in [0.15, 0.2) is 0 Å². The van der Waals surface area contributed by atoms with Crippen molar-refractivity contribution in [2.24, 2.45) is 5.73 Å². The third-order valence-corrected chi connectivity index (χ3v) is 3.44. The molecule has 0 saturated heterocycles. The van der Waals surface area contributed by atoms with Crippen molar-refractivity contribution in [2.45, 2.75) is 20.0 Å². The molecule has 22 heavy (non-hydrogen) atoms. The molecule has 4 nitrogen and oxygen atoms in total. The Morgan fingerprint density at radius 2 is 2.09 bits per heavy atom. The highest BCUT2D eigenvalue weighted by atomic mass is 35.5. The Morgan fingerprint density at radius 3 is 2.73 bits per heavy atom. The summed E-state index contributed by atoms with van der Waals surface area (Å²) in [5.41, 5.74) is 7.88. The molecule has 6 heteroatoms. The van der Waals surface area contributed by atoms with E-state index in [1.54, 1.807) is 23.2 Å². The highest BCUT2D eigenvalue weighted by Gasteiger charge is 2.15. The van der Waals surface area contributed by atoms with Crippen LogP contribution in [-0.2, 0) is 13.1 Å². The van der Waals surface area contributed by atoms with Crippen molar-refractivity contribution < 1.29 is 4.79 Å². The maximum absolute atomic E-state index is 12.6. The third kappa shape index (κ3) is 4.70. The molecule has 0 atom stereocenters. The Hall–Kier alpha value is -1.62. The normalized spacial score (nSPS) is 9.95. The van der Waals surface area contributed by atoms with Crippen LogP contribution in [0, 0.1) is 0 Å². The average Bonchev–Trinajstić information content (AvgIpc) is 2.52. The molecule has 118 valence electrons. The first-order valence-electron chi connectivity index (χ1n) is 6.82. The Balaban J connectivity index is 0.00000242. The average molecular weight is 340 g/mol. The van der Waals surface area contributed by atoms with Crippen molar-refractivity contribution in [1.82, 2.24) is 9.88 Å². The van der Waals surface area contributed by atoms with Gasteiger partial charge in [-0.15, -0.1) is 12.4 Å². The topological polar surface area (TPSA) is 59.2 Å². The van der Waals surface area contributed by atoms with Crippen LogP contribution in [0.15, 0.2) is 42.6 Å². The summed E-state index contributed by atoms with van der Waals surface area (Å²) in [5, 5.41) is 0.672. The molecule has 0 fully saturated rings. The molecule has 1 aromatic carbocycles. The highest BCUT2D eigenvalue weighted by molar-refractivity contribution is 6.30. The van der Waals surface area contributed by atoms with Crippen LogP contribution >= 0.6 is 24.0 Å². The summed E-state index contributed by atoms with van der Waals surface area (Å²) in [5.74, 6) is -0.0328. The highest BCUT2D eigenvalue weighted by Crippen LogP contribution is 2.14. The molecule has 0 unspecified atom stereocenters. The van der Waals surface area contributed by atoms with Crippen LogP contribution in [0.1, 0.15) is 28.5 Å². The summed E-state index contributed by atoms with van der Waals surface area (Å²) in [4.78, 5) is 18.4. The summed E-state index contributed by atoms with van der Waals surface area (Å²) in [7, 11) is 0. The number of amides is 1. The van der Waals surface area contributed by atoms with Gasteiger partial charge in [-0.1, -0.05) is 23.7 Å². The molecule has 1 amide bonds. The van der Waals surface area contributed by atoms with Gasteiger partial charge in [-0.2, -0.15) is 0 Å². The van der Waals surface area contributed by atoms with Gasteiger partial charge in [0.05, 0.1) is 5.69 Å². The van der Waals surface area contributed by atoms with Crippen molar-refractivity contribution in [3.05, 3.63) is 64.4 Å². The van der Waals surface area contributed by atoms with Gasteiger partial charge in [0, 0.05) is 36.4 Å². The van der Waals surface area contributed by atoms with E-state index >= 15 is 0 Å². The molecule has 0 spiro atoms. The van der Waals surface area contributed by atoms with E-state index in [1.165, 1.54) is 0 Å². The zero-order valence-electron chi connectivity index (χ0n) is 12.3. The number of carbonyl (C=O) groups is 1. The third-order valence-electron chi connectivity index (χ3n) is 3.20. The van der Waals surface area contributed by atoms with Gasteiger partial charge in [-0.25, -0.2) is 0 Å². The molecule has 0 aliphatic rings. The second kappa shape index (κ2) is 8.73. The fraction of sp³-hybridized carbons (Fsp3) is 0.250. The van der Waals surface area contributed by atoms with E-state index in [9.17, 15) is 4.79 Å². The molecular formula is C16H19Cl2N3O. The number of carbonyl (C=O) groups excluding carboxylic acids is 1. The number of aromatic nitrogens is 1. The van der Waals surface area contributed by atoms with Gasteiger partial charge in [0.1, 0.15) is 0 Å². The fourth-order valence-corrected chi connectivity index (χ4v) is 2.30. The first-order valence-corrected chi connectivity index (χ1v) is 7.20. The number of halogens is 2. The zero-order valence-corrected chi connectivity index (χ0v) is 13.9. The summed E-state index contributed by atoms with van der Waals surface area (Å²) >= 11 is 5.98. The standard InChI is InChI=1S/C16H18ClN3O.ClH/c1-2-20(11-12-4-3-5-14(17)8-12)16(21)13-6-7-19-15(9-13)10-18;/h3-9H,2,10-11,18H2,1H3;1H. The first kappa shape index (κ1) is 18.4. The van der Waals surface area contributed by atoms with Crippen LogP contribution in [0.2, 0.25) is 5.02 Å². The fourth-order valence-electron chi connectivity index (χ4n) is 2.09. The molecule has 0 radical (unpaired) electrons. The number of nitrogens with two attached hydrogens (primary N) is 1. The maximum Gasteiger partial charge on any atom is 0.254 e. The Morgan fingerprint density at radius 1 is 1.32 bits per heavy atom. The molecule has 0 aliphatic carbocycles. The second-order valence-corrected chi connectivity index (χ2v) is 5.13. The molecule has 1 aromatic heterocycles. The molecule has 2 rings (SSSR count).